The first-order valence-corrected chi connectivity index (χ1v) is 7.49. The predicted octanol–water partition coefficient (Wildman–Crippen LogP) is 2.43. The van der Waals surface area contributed by atoms with E-state index in [1.165, 1.54) is 6.07 Å². The molecular weight excluding hydrogens is 309 g/mol. The van der Waals surface area contributed by atoms with Gasteiger partial charge in [-0.1, -0.05) is 18.2 Å². The highest BCUT2D eigenvalue weighted by atomic mass is 19.1. The third-order valence-corrected chi connectivity index (χ3v) is 3.52. The van der Waals surface area contributed by atoms with Gasteiger partial charge in [-0.2, -0.15) is 5.10 Å². The van der Waals surface area contributed by atoms with Crippen LogP contribution in [0.1, 0.15) is 24.4 Å². The molecule has 0 aliphatic carbocycles. The molecule has 7 heteroatoms. The number of carbonyl (C=O) groups is 1. The Hall–Kier alpha value is -3.09. The van der Waals surface area contributed by atoms with E-state index in [1.54, 1.807) is 43.6 Å². The van der Waals surface area contributed by atoms with Gasteiger partial charge in [-0.15, -0.1) is 0 Å². The van der Waals surface area contributed by atoms with Crippen LogP contribution in [0.15, 0.2) is 48.8 Å². The fourth-order valence-electron chi connectivity index (χ4n) is 2.27. The molecule has 1 aromatic carbocycles. The second-order valence-electron chi connectivity index (χ2n) is 5.34. The average molecular weight is 325 g/mol. The summed E-state index contributed by atoms with van der Waals surface area (Å²) in [5.41, 5.74) is 1.14. The molecule has 0 fully saturated rings. The highest BCUT2D eigenvalue weighted by Gasteiger charge is 2.16. The molecule has 2 heterocycles. The zero-order chi connectivity index (χ0) is 16.9. The van der Waals surface area contributed by atoms with Crippen LogP contribution in [-0.4, -0.2) is 26.1 Å². The number of nitrogens with zero attached hydrogens (tertiary/aromatic N) is 3. The summed E-state index contributed by atoms with van der Waals surface area (Å²) in [5, 5.41) is 9.71. The molecule has 0 aliphatic rings. The standard InChI is InChI=1S/C17H16FN5O/c1-11(20-15(24)9-12-5-2-3-7-14(12)18)16-21-17(23-22-16)13-6-4-8-19-10-13/h2-8,10-11H,9H2,1H3,(H,20,24)(H,21,22,23). The van der Waals surface area contributed by atoms with Gasteiger partial charge in [0.2, 0.25) is 5.91 Å². The summed E-state index contributed by atoms with van der Waals surface area (Å²) in [6, 6.07) is 9.49. The van der Waals surface area contributed by atoms with Crippen LogP contribution in [-0.2, 0) is 11.2 Å². The molecule has 3 rings (SSSR count). The Morgan fingerprint density at radius 3 is 2.88 bits per heavy atom. The highest BCUT2D eigenvalue weighted by Crippen LogP contribution is 2.15. The van der Waals surface area contributed by atoms with Crippen molar-refractivity contribution in [3.63, 3.8) is 0 Å². The quantitative estimate of drug-likeness (QED) is 0.754. The lowest BCUT2D eigenvalue weighted by molar-refractivity contribution is -0.121. The second kappa shape index (κ2) is 6.99. The fourth-order valence-corrected chi connectivity index (χ4v) is 2.27. The van der Waals surface area contributed by atoms with Crippen molar-refractivity contribution in [3.05, 3.63) is 66.0 Å². The molecule has 6 nitrogen and oxygen atoms in total. The number of halogens is 1. The zero-order valence-electron chi connectivity index (χ0n) is 13.0. The number of aromatic amines is 1. The molecule has 122 valence electrons. The van der Waals surface area contributed by atoms with Gasteiger partial charge in [0.25, 0.3) is 0 Å². The molecule has 0 radical (unpaired) electrons. The molecule has 0 saturated carbocycles. The van der Waals surface area contributed by atoms with Crippen molar-refractivity contribution in [2.75, 3.05) is 0 Å². The number of nitrogens with one attached hydrogen (secondary N) is 2. The lowest BCUT2D eigenvalue weighted by Crippen LogP contribution is -2.29. The van der Waals surface area contributed by atoms with Gasteiger partial charge in [0, 0.05) is 18.0 Å². The van der Waals surface area contributed by atoms with Gasteiger partial charge in [0.1, 0.15) is 11.6 Å². The SMILES string of the molecule is CC(NC(=O)Cc1ccccc1F)c1nc(-c2cccnc2)n[nH]1. The van der Waals surface area contributed by atoms with Crippen LogP contribution < -0.4 is 5.32 Å². The van der Waals surface area contributed by atoms with Crippen LogP contribution in [0, 0.1) is 5.82 Å². The van der Waals surface area contributed by atoms with Crippen LogP contribution >= 0.6 is 0 Å². The summed E-state index contributed by atoms with van der Waals surface area (Å²) in [7, 11) is 0. The van der Waals surface area contributed by atoms with Crippen molar-refractivity contribution in [2.45, 2.75) is 19.4 Å². The number of rotatable bonds is 5. The molecule has 24 heavy (non-hydrogen) atoms. The number of carbonyl (C=O) groups excluding carboxylic acids is 1. The molecule has 0 saturated heterocycles. The Morgan fingerprint density at radius 1 is 1.29 bits per heavy atom. The number of pyridine rings is 1. The summed E-state index contributed by atoms with van der Waals surface area (Å²) in [5.74, 6) is 0.356. The summed E-state index contributed by atoms with van der Waals surface area (Å²) < 4.78 is 13.6. The number of amides is 1. The Kier molecular flexibility index (Phi) is 4.60. The maximum Gasteiger partial charge on any atom is 0.225 e. The maximum atomic E-state index is 13.6. The van der Waals surface area contributed by atoms with E-state index in [2.05, 4.69) is 25.5 Å². The maximum absolute atomic E-state index is 13.6. The van der Waals surface area contributed by atoms with Crippen LogP contribution in [0.4, 0.5) is 4.39 Å². The van der Waals surface area contributed by atoms with Gasteiger partial charge in [0.05, 0.1) is 12.5 Å². The summed E-state index contributed by atoms with van der Waals surface area (Å²) >= 11 is 0. The molecule has 1 amide bonds. The minimum atomic E-state index is -0.390. The lowest BCUT2D eigenvalue weighted by atomic mass is 10.1. The summed E-state index contributed by atoms with van der Waals surface area (Å²) in [6.07, 6.45) is 3.30. The van der Waals surface area contributed by atoms with Crippen molar-refractivity contribution in [1.29, 1.82) is 0 Å². The minimum absolute atomic E-state index is 0.0272. The Labute approximate surface area is 138 Å². The first-order chi connectivity index (χ1) is 11.6. The molecule has 3 aromatic rings. The number of aromatic nitrogens is 4. The minimum Gasteiger partial charge on any atom is -0.346 e. The molecule has 1 atom stereocenters. The Morgan fingerprint density at radius 2 is 2.12 bits per heavy atom. The number of hydrogen-bond acceptors (Lipinski definition) is 4. The number of benzene rings is 1. The van der Waals surface area contributed by atoms with Crippen molar-refractivity contribution in [3.8, 4) is 11.4 Å². The van der Waals surface area contributed by atoms with Crippen LogP contribution in [0.25, 0.3) is 11.4 Å². The summed E-state index contributed by atoms with van der Waals surface area (Å²) in [4.78, 5) is 20.5. The van der Waals surface area contributed by atoms with E-state index < -0.39 is 0 Å². The summed E-state index contributed by atoms with van der Waals surface area (Å²) in [6.45, 7) is 1.78. The van der Waals surface area contributed by atoms with Crippen LogP contribution in [0.3, 0.4) is 0 Å². The Balaban J connectivity index is 1.65. The second-order valence-corrected chi connectivity index (χ2v) is 5.34. The van der Waals surface area contributed by atoms with E-state index in [9.17, 15) is 9.18 Å². The van der Waals surface area contributed by atoms with Crippen LogP contribution in [0.5, 0.6) is 0 Å². The van der Waals surface area contributed by atoms with E-state index in [1.807, 2.05) is 6.07 Å². The van der Waals surface area contributed by atoms with Gasteiger partial charge in [-0.25, -0.2) is 9.37 Å². The predicted molar refractivity (Wildman–Crippen MR) is 86.3 cm³/mol. The van der Waals surface area contributed by atoms with Gasteiger partial charge >= 0.3 is 0 Å². The van der Waals surface area contributed by atoms with Crippen molar-refractivity contribution in [2.24, 2.45) is 0 Å². The van der Waals surface area contributed by atoms with Crippen LogP contribution in [0.2, 0.25) is 0 Å². The van der Waals surface area contributed by atoms with Gasteiger partial charge in [-0.3, -0.25) is 14.9 Å². The van der Waals surface area contributed by atoms with E-state index in [-0.39, 0.29) is 24.2 Å². The zero-order valence-corrected chi connectivity index (χ0v) is 13.0. The van der Waals surface area contributed by atoms with Gasteiger partial charge in [-0.05, 0) is 30.7 Å². The smallest absolute Gasteiger partial charge is 0.225 e. The topological polar surface area (TPSA) is 83.6 Å². The van der Waals surface area contributed by atoms with Gasteiger partial charge < -0.3 is 5.32 Å². The van der Waals surface area contributed by atoms with E-state index in [4.69, 9.17) is 0 Å². The van der Waals surface area contributed by atoms with Gasteiger partial charge in [0.15, 0.2) is 5.82 Å². The molecule has 2 N–H and O–H groups in total. The van der Waals surface area contributed by atoms with E-state index in [0.29, 0.717) is 17.2 Å². The third kappa shape index (κ3) is 3.62. The van der Waals surface area contributed by atoms with E-state index in [0.717, 1.165) is 5.56 Å². The first-order valence-electron chi connectivity index (χ1n) is 7.49. The Bertz CT molecular complexity index is 834. The molecule has 2 aromatic heterocycles. The lowest BCUT2D eigenvalue weighted by Gasteiger charge is -2.11. The van der Waals surface area contributed by atoms with Crippen molar-refractivity contribution in [1.82, 2.24) is 25.5 Å². The largest absolute Gasteiger partial charge is 0.346 e. The fraction of sp³-hybridized carbons (Fsp3) is 0.176. The third-order valence-electron chi connectivity index (χ3n) is 3.52. The monoisotopic (exact) mass is 325 g/mol. The molecule has 0 aliphatic heterocycles. The highest BCUT2D eigenvalue weighted by molar-refractivity contribution is 5.78. The first kappa shape index (κ1) is 15.8. The molecule has 0 bridgehead atoms. The molecular formula is C17H16FN5O. The molecule has 1 unspecified atom stereocenters. The van der Waals surface area contributed by atoms with Crippen molar-refractivity contribution >= 4 is 5.91 Å². The van der Waals surface area contributed by atoms with Crippen molar-refractivity contribution < 1.29 is 9.18 Å². The number of hydrogen-bond donors (Lipinski definition) is 2. The number of H-pyrrole nitrogens is 1. The van der Waals surface area contributed by atoms with E-state index >= 15 is 0 Å². The average Bonchev–Trinajstić information content (AvgIpc) is 3.08. The molecule has 0 spiro atoms. The normalized spacial score (nSPS) is 11.9.